The van der Waals surface area contributed by atoms with Gasteiger partial charge in [-0.05, 0) is 66.7 Å². The molecule has 0 fully saturated rings. The Morgan fingerprint density at radius 1 is 1.14 bits per heavy atom. The van der Waals surface area contributed by atoms with Crippen LogP contribution in [0.2, 0.25) is 5.02 Å². The molecule has 8 nitrogen and oxygen atoms in total. The molecule has 0 saturated carbocycles. The zero-order valence-corrected chi connectivity index (χ0v) is 20.4. The Morgan fingerprint density at radius 3 is 2.74 bits per heavy atom. The van der Waals surface area contributed by atoms with Crippen LogP contribution in [-0.4, -0.2) is 45.2 Å². The Morgan fingerprint density at radius 2 is 1.97 bits per heavy atom. The lowest BCUT2D eigenvalue weighted by Crippen LogP contribution is -2.35. The van der Waals surface area contributed by atoms with E-state index in [1.807, 2.05) is 60.2 Å². The van der Waals surface area contributed by atoms with E-state index in [2.05, 4.69) is 10.1 Å². The lowest BCUT2D eigenvalue weighted by atomic mass is 10.1. The molecule has 176 valence electrons. The van der Waals surface area contributed by atoms with Crippen LogP contribution in [0.15, 0.2) is 76.5 Å². The summed E-state index contributed by atoms with van der Waals surface area (Å²) in [5.41, 5.74) is 2.63. The molecule has 3 heterocycles. The van der Waals surface area contributed by atoms with E-state index in [1.165, 1.54) is 16.8 Å². The summed E-state index contributed by atoms with van der Waals surface area (Å²) in [5, 5.41) is 15.9. The van der Waals surface area contributed by atoms with Crippen molar-refractivity contribution in [2.45, 2.75) is 6.92 Å². The van der Waals surface area contributed by atoms with Gasteiger partial charge in [-0.1, -0.05) is 29.8 Å². The molecule has 2 aliphatic rings. The first-order chi connectivity index (χ1) is 16.9. The number of ether oxygens (including phenoxy) is 2. The lowest BCUT2D eigenvalue weighted by molar-refractivity contribution is -0.114. The van der Waals surface area contributed by atoms with E-state index in [0.717, 1.165) is 17.0 Å². The summed E-state index contributed by atoms with van der Waals surface area (Å²) < 4.78 is 13.0. The largest absolute Gasteiger partial charge is 0.495 e. The SMILES string of the molecule is COc1ccc(-n2cccc2/C=C2\C(=N)N3N=C(COc4ccccc4C)SC3=NC2=O)cc1Cl. The van der Waals surface area contributed by atoms with Gasteiger partial charge in [-0.2, -0.15) is 15.1 Å². The standard InChI is InChI=1S/C25H20ClN5O3S/c1-15-6-3-4-8-20(15)34-14-22-29-31-23(27)18(24(32)28-25(31)35-22)12-16-7-5-11-30(16)17-9-10-21(33-2)19(26)13-17/h3-13,27H,14H2,1-2H3/b18-12+,27-23?. The van der Waals surface area contributed by atoms with Crippen molar-refractivity contribution >= 4 is 51.4 Å². The number of rotatable bonds is 6. The fourth-order valence-corrected chi connectivity index (χ4v) is 4.70. The second kappa shape index (κ2) is 9.44. The highest BCUT2D eigenvalue weighted by Crippen LogP contribution is 2.31. The minimum atomic E-state index is -0.495. The minimum Gasteiger partial charge on any atom is -0.495 e. The number of thioether (sulfide) groups is 1. The van der Waals surface area contributed by atoms with Crippen LogP contribution in [0.3, 0.4) is 0 Å². The van der Waals surface area contributed by atoms with Crippen molar-refractivity contribution in [3.63, 3.8) is 0 Å². The number of hydrogen-bond donors (Lipinski definition) is 1. The van der Waals surface area contributed by atoms with Crippen molar-refractivity contribution in [1.29, 1.82) is 5.41 Å². The van der Waals surface area contributed by atoms with Gasteiger partial charge in [0.05, 0.1) is 17.7 Å². The summed E-state index contributed by atoms with van der Waals surface area (Å²) >= 11 is 7.51. The highest BCUT2D eigenvalue weighted by atomic mass is 35.5. The van der Waals surface area contributed by atoms with Crippen molar-refractivity contribution in [3.8, 4) is 17.2 Å². The average molecular weight is 506 g/mol. The van der Waals surface area contributed by atoms with Gasteiger partial charge in [0.1, 0.15) is 23.1 Å². The fourth-order valence-electron chi connectivity index (χ4n) is 3.65. The number of aliphatic imine (C=N–C) groups is 1. The van der Waals surface area contributed by atoms with Crippen LogP contribution >= 0.6 is 23.4 Å². The molecule has 0 bridgehead atoms. The van der Waals surface area contributed by atoms with Gasteiger partial charge < -0.3 is 14.0 Å². The smallest absolute Gasteiger partial charge is 0.283 e. The van der Waals surface area contributed by atoms with E-state index in [-0.39, 0.29) is 18.0 Å². The summed E-state index contributed by atoms with van der Waals surface area (Å²) in [6.45, 7) is 2.18. The number of nitrogens with one attached hydrogen (secondary N) is 1. The van der Waals surface area contributed by atoms with Crippen LogP contribution in [0.5, 0.6) is 11.5 Å². The lowest BCUT2D eigenvalue weighted by Gasteiger charge is -2.20. The van der Waals surface area contributed by atoms with E-state index in [1.54, 1.807) is 25.3 Å². The number of carbonyl (C=O) groups excluding carboxylic acids is 1. The van der Waals surface area contributed by atoms with Crippen LogP contribution in [-0.2, 0) is 4.79 Å². The number of methoxy groups -OCH3 is 1. The van der Waals surface area contributed by atoms with Crippen LogP contribution in [0.25, 0.3) is 11.8 Å². The Labute approximate surface area is 211 Å². The maximum Gasteiger partial charge on any atom is 0.283 e. The van der Waals surface area contributed by atoms with Crippen LogP contribution in [0, 0.1) is 12.3 Å². The van der Waals surface area contributed by atoms with E-state index in [0.29, 0.717) is 26.7 Å². The molecule has 2 aromatic carbocycles. The van der Waals surface area contributed by atoms with E-state index in [9.17, 15) is 4.79 Å². The second-order valence-electron chi connectivity index (χ2n) is 7.69. The molecule has 35 heavy (non-hydrogen) atoms. The molecule has 0 radical (unpaired) electrons. The number of para-hydroxylation sites is 1. The van der Waals surface area contributed by atoms with E-state index >= 15 is 0 Å². The summed E-state index contributed by atoms with van der Waals surface area (Å²) in [5.74, 6) is 0.790. The fraction of sp³-hybridized carbons (Fsp3) is 0.120. The highest BCUT2D eigenvalue weighted by molar-refractivity contribution is 8.27. The zero-order chi connectivity index (χ0) is 24.5. The topological polar surface area (TPSA) is 92.3 Å². The third-order valence-corrected chi connectivity index (χ3v) is 6.60. The van der Waals surface area contributed by atoms with Crippen molar-refractivity contribution in [2.24, 2.45) is 10.1 Å². The van der Waals surface area contributed by atoms with Gasteiger partial charge in [-0.3, -0.25) is 10.2 Å². The molecule has 1 aromatic heterocycles. The third-order valence-electron chi connectivity index (χ3n) is 5.43. The van der Waals surface area contributed by atoms with Gasteiger partial charge in [0, 0.05) is 17.6 Å². The molecule has 0 spiro atoms. The number of hydrogen-bond acceptors (Lipinski definition) is 6. The first-order valence-corrected chi connectivity index (χ1v) is 11.8. The first kappa shape index (κ1) is 22.9. The van der Waals surface area contributed by atoms with E-state index in [4.69, 9.17) is 26.5 Å². The number of fused-ring (bicyclic) bond motifs is 1. The van der Waals surface area contributed by atoms with Crippen molar-refractivity contribution < 1.29 is 14.3 Å². The van der Waals surface area contributed by atoms with E-state index < -0.39 is 5.91 Å². The molecule has 1 amide bonds. The van der Waals surface area contributed by atoms with Gasteiger partial charge in [-0.25, -0.2) is 0 Å². The molecule has 0 atom stereocenters. The molecular weight excluding hydrogens is 486 g/mol. The average Bonchev–Trinajstić information content (AvgIpc) is 3.48. The summed E-state index contributed by atoms with van der Waals surface area (Å²) in [6, 6.07) is 16.8. The summed E-state index contributed by atoms with van der Waals surface area (Å²) in [4.78, 5) is 17.0. The van der Waals surface area contributed by atoms with Gasteiger partial charge >= 0.3 is 0 Å². The number of hydrazone groups is 1. The monoisotopic (exact) mass is 505 g/mol. The molecule has 5 rings (SSSR count). The molecule has 2 aliphatic heterocycles. The molecule has 3 aromatic rings. The number of aryl methyl sites for hydroxylation is 1. The van der Waals surface area contributed by atoms with Crippen LogP contribution < -0.4 is 9.47 Å². The molecule has 1 N–H and O–H groups in total. The number of carbonyl (C=O) groups is 1. The van der Waals surface area contributed by atoms with Crippen molar-refractivity contribution in [3.05, 3.63) is 82.6 Å². The highest BCUT2D eigenvalue weighted by Gasteiger charge is 2.36. The number of halogens is 1. The summed E-state index contributed by atoms with van der Waals surface area (Å²) in [6.07, 6.45) is 3.48. The normalized spacial score (nSPS) is 16.3. The number of nitrogens with zero attached hydrogens (tertiary/aromatic N) is 4. The van der Waals surface area contributed by atoms with Gasteiger partial charge in [0.25, 0.3) is 5.91 Å². The van der Waals surface area contributed by atoms with Gasteiger partial charge in [0.2, 0.25) is 5.17 Å². The molecule has 0 aliphatic carbocycles. The molecule has 0 unspecified atom stereocenters. The Bertz CT molecular complexity index is 1440. The van der Waals surface area contributed by atoms with Gasteiger partial charge in [-0.15, -0.1) is 0 Å². The molecule has 0 saturated heterocycles. The zero-order valence-electron chi connectivity index (χ0n) is 18.9. The van der Waals surface area contributed by atoms with Gasteiger partial charge in [0.15, 0.2) is 5.84 Å². The van der Waals surface area contributed by atoms with Crippen LogP contribution in [0.4, 0.5) is 0 Å². The second-order valence-corrected chi connectivity index (χ2v) is 9.14. The predicted octanol–water partition coefficient (Wildman–Crippen LogP) is 5.15. The molecular formula is C25H20ClN5O3S. The third kappa shape index (κ3) is 4.48. The summed E-state index contributed by atoms with van der Waals surface area (Å²) in [7, 11) is 1.56. The quantitative estimate of drug-likeness (QED) is 0.468. The Kier molecular flexibility index (Phi) is 6.19. The Hall–Kier alpha value is -3.82. The number of amidine groups is 2. The Balaban J connectivity index is 1.39. The predicted molar refractivity (Wildman–Crippen MR) is 139 cm³/mol. The van der Waals surface area contributed by atoms with Crippen molar-refractivity contribution in [2.75, 3.05) is 13.7 Å². The number of amides is 1. The maximum atomic E-state index is 12.8. The van der Waals surface area contributed by atoms with Crippen LogP contribution in [0.1, 0.15) is 11.3 Å². The number of benzene rings is 2. The number of aromatic nitrogens is 1. The minimum absolute atomic E-state index is 0.0427. The molecule has 10 heteroatoms. The maximum absolute atomic E-state index is 12.8. The first-order valence-electron chi connectivity index (χ1n) is 10.6. The van der Waals surface area contributed by atoms with Crippen molar-refractivity contribution in [1.82, 2.24) is 9.58 Å².